The van der Waals surface area contributed by atoms with E-state index in [1.165, 1.54) is 6.20 Å². The van der Waals surface area contributed by atoms with Gasteiger partial charge >= 0.3 is 0 Å². The first-order valence-electron chi connectivity index (χ1n) is 15.3. The lowest BCUT2D eigenvalue weighted by Gasteiger charge is -2.37. The van der Waals surface area contributed by atoms with Gasteiger partial charge in [-0.15, -0.1) is 0 Å². The summed E-state index contributed by atoms with van der Waals surface area (Å²) in [6.07, 6.45) is 4.82. The van der Waals surface area contributed by atoms with E-state index in [1.807, 2.05) is 29.2 Å². The minimum atomic E-state index is -1.05. The van der Waals surface area contributed by atoms with Crippen molar-refractivity contribution >= 4 is 51.8 Å². The molecule has 2 aromatic heterocycles. The number of carbonyl (C=O) groups is 5. The van der Waals surface area contributed by atoms with Crippen molar-refractivity contribution < 1.29 is 24.0 Å². The van der Waals surface area contributed by atoms with Crippen LogP contribution < -0.4 is 15.5 Å². The van der Waals surface area contributed by atoms with Gasteiger partial charge in [-0.1, -0.05) is 36.1 Å². The van der Waals surface area contributed by atoms with Crippen molar-refractivity contribution in [3.63, 3.8) is 0 Å². The number of carbonyl (C=O) groups excluding carboxylic acids is 5. The molecule has 5 amide bonds. The summed E-state index contributed by atoms with van der Waals surface area (Å²) < 4.78 is 1.57. The number of piperidine rings is 1. The van der Waals surface area contributed by atoms with Crippen molar-refractivity contribution in [3.8, 4) is 17.9 Å². The fraction of sp³-hybridized carbons (Fsp3) is 0.257. The Bertz CT molecular complexity index is 2180. The third-order valence-electron chi connectivity index (χ3n) is 8.94. The number of imide groups is 2. The molecule has 0 aliphatic carbocycles. The molecule has 48 heavy (non-hydrogen) atoms. The van der Waals surface area contributed by atoms with Gasteiger partial charge in [0.15, 0.2) is 0 Å². The largest absolute Gasteiger partial charge is 0.354 e. The molecule has 7 rings (SSSR count). The number of nitrogens with one attached hydrogen (secondary N) is 2. The summed E-state index contributed by atoms with van der Waals surface area (Å²) in [6, 6.07) is 13.5. The number of rotatable bonds is 5. The predicted molar refractivity (Wildman–Crippen MR) is 172 cm³/mol. The molecule has 0 spiro atoms. The van der Waals surface area contributed by atoms with Crippen molar-refractivity contribution in [1.82, 2.24) is 25.0 Å². The Balaban J connectivity index is 0.988. The highest BCUT2D eigenvalue weighted by Crippen LogP contribution is 2.32. The van der Waals surface area contributed by atoms with Crippen LogP contribution in [-0.2, 0) is 19.9 Å². The first-order chi connectivity index (χ1) is 23.0. The molecule has 2 aromatic carbocycles. The zero-order valence-corrected chi connectivity index (χ0v) is 26.0. The lowest BCUT2D eigenvalue weighted by molar-refractivity contribution is -0.136. The van der Waals surface area contributed by atoms with Gasteiger partial charge in [-0.2, -0.15) is 10.4 Å². The number of benzene rings is 2. The van der Waals surface area contributed by atoms with Crippen molar-refractivity contribution in [1.29, 1.82) is 5.26 Å². The minimum Gasteiger partial charge on any atom is -0.354 e. The number of aromatic nitrogens is 3. The number of hydrogen-bond donors (Lipinski definition) is 2. The Morgan fingerprint density at radius 1 is 1.02 bits per heavy atom. The van der Waals surface area contributed by atoms with Crippen molar-refractivity contribution in [3.05, 3.63) is 83.3 Å². The zero-order chi connectivity index (χ0) is 33.7. The Hall–Kier alpha value is -6.34. The summed E-state index contributed by atoms with van der Waals surface area (Å²) in [7, 11) is 0. The SMILES string of the molecule is CC(C)(C(=O)Nc1ccc(C#N)c2ccccc12)n1cc(C#CC2CN(c3cc4c(cn3)C(=O)N(C3CCC(=O)NC3=O)C4=O)C2)cn1. The number of nitrogens with zero attached hydrogens (tertiary/aromatic N) is 6. The van der Waals surface area contributed by atoms with Gasteiger partial charge in [-0.05, 0) is 38.5 Å². The van der Waals surface area contributed by atoms with Gasteiger partial charge in [0.1, 0.15) is 17.4 Å². The van der Waals surface area contributed by atoms with E-state index in [0.29, 0.717) is 35.7 Å². The van der Waals surface area contributed by atoms with Crippen LogP contribution in [0.5, 0.6) is 0 Å². The molecule has 3 aliphatic rings. The third-order valence-corrected chi connectivity index (χ3v) is 8.94. The van der Waals surface area contributed by atoms with Gasteiger partial charge in [0.25, 0.3) is 17.7 Å². The van der Waals surface area contributed by atoms with Gasteiger partial charge in [-0.25, -0.2) is 4.98 Å². The molecule has 0 bridgehead atoms. The van der Waals surface area contributed by atoms with Crippen LogP contribution in [0.15, 0.2) is 61.1 Å². The average molecular weight is 641 g/mol. The Kier molecular flexibility index (Phi) is 7.25. The summed E-state index contributed by atoms with van der Waals surface area (Å²) >= 11 is 0. The summed E-state index contributed by atoms with van der Waals surface area (Å²) in [5.74, 6) is 4.35. The lowest BCUT2D eigenvalue weighted by Crippen LogP contribution is -2.54. The molecule has 0 saturated carbocycles. The molecular weight excluding hydrogens is 612 g/mol. The quantitative estimate of drug-likeness (QED) is 0.246. The molecular formula is C35H28N8O5. The predicted octanol–water partition coefficient (Wildman–Crippen LogP) is 2.57. The first-order valence-corrected chi connectivity index (χ1v) is 15.3. The molecule has 4 aromatic rings. The van der Waals surface area contributed by atoms with Crippen LogP contribution in [-0.4, -0.2) is 68.3 Å². The summed E-state index contributed by atoms with van der Waals surface area (Å²) in [5.41, 5.74) is 1.03. The second-order valence-corrected chi connectivity index (χ2v) is 12.4. The average Bonchev–Trinajstić information content (AvgIpc) is 3.63. The van der Waals surface area contributed by atoms with E-state index >= 15 is 0 Å². The number of fused-ring (bicyclic) bond motifs is 2. The summed E-state index contributed by atoms with van der Waals surface area (Å²) in [5, 5.41) is 20.6. The smallest absolute Gasteiger partial charge is 0.263 e. The molecule has 5 heterocycles. The molecule has 2 fully saturated rings. The number of hydrogen-bond acceptors (Lipinski definition) is 9. The normalized spacial score (nSPS) is 17.7. The highest BCUT2D eigenvalue weighted by atomic mass is 16.2. The molecule has 3 aliphatic heterocycles. The molecule has 0 radical (unpaired) electrons. The van der Waals surface area contributed by atoms with Gasteiger partial charge < -0.3 is 10.2 Å². The number of nitriles is 1. The van der Waals surface area contributed by atoms with E-state index in [4.69, 9.17) is 0 Å². The number of amides is 5. The Morgan fingerprint density at radius 2 is 1.77 bits per heavy atom. The maximum atomic E-state index is 13.4. The van der Waals surface area contributed by atoms with E-state index in [9.17, 15) is 29.2 Å². The Morgan fingerprint density at radius 3 is 2.52 bits per heavy atom. The van der Waals surface area contributed by atoms with E-state index in [1.54, 1.807) is 49.1 Å². The van der Waals surface area contributed by atoms with Gasteiger partial charge in [-0.3, -0.25) is 38.9 Å². The van der Waals surface area contributed by atoms with Crippen LogP contribution in [0, 0.1) is 29.1 Å². The van der Waals surface area contributed by atoms with Crippen LogP contribution in [0.1, 0.15) is 58.5 Å². The van der Waals surface area contributed by atoms with Gasteiger partial charge in [0, 0.05) is 48.4 Å². The maximum Gasteiger partial charge on any atom is 0.263 e. The van der Waals surface area contributed by atoms with Crippen LogP contribution in [0.25, 0.3) is 10.8 Å². The van der Waals surface area contributed by atoms with Crippen molar-refractivity contribution in [2.45, 2.75) is 38.3 Å². The summed E-state index contributed by atoms with van der Waals surface area (Å²) in [4.78, 5) is 70.6. The molecule has 1 unspecified atom stereocenters. The van der Waals surface area contributed by atoms with E-state index in [2.05, 4.69) is 38.6 Å². The first kappa shape index (κ1) is 30.3. The molecule has 2 saturated heterocycles. The van der Waals surface area contributed by atoms with E-state index < -0.39 is 35.2 Å². The van der Waals surface area contributed by atoms with Crippen molar-refractivity contribution in [2.75, 3.05) is 23.3 Å². The van der Waals surface area contributed by atoms with Crippen LogP contribution in [0.4, 0.5) is 11.5 Å². The highest BCUT2D eigenvalue weighted by molar-refractivity contribution is 6.23. The molecule has 2 N–H and O–H groups in total. The maximum absolute atomic E-state index is 13.4. The van der Waals surface area contributed by atoms with Crippen LogP contribution in [0.2, 0.25) is 0 Å². The van der Waals surface area contributed by atoms with Gasteiger partial charge in [0.2, 0.25) is 11.8 Å². The standard InChI is InChI=1S/C35H28N8O5/c1-35(2,34(48)39-27-10-9-22(14-36)23-5-3-4-6-24(23)27)42-19-20(15-38-42)7-8-21-17-41(18-21)29-13-25-26(16-37-29)33(47)43(32(25)46)28-11-12-30(44)40-31(28)45/h3-6,9-10,13,15-16,19,21,28H,11-12,17-18H2,1-2H3,(H,39,48)(H,40,44,45). The minimum absolute atomic E-state index is 0.0154. The lowest BCUT2D eigenvalue weighted by atomic mass is 10.00. The third kappa shape index (κ3) is 5.11. The topological polar surface area (TPSA) is 170 Å². The molecule has 1 atom stereocenters. The number of pyridine rings is 1. The number of anilines is 2. The van der Waals surface area contributed by atoms with Crippen molar-refractivity contribution in [2.24, 2.45) is 5.92 Å². The summed E-state index contributed by atoms with van der Waals surface area (Å²) in [6.45, 7) is 4.62. The fourth-order valence-electron chi connectivity index (χ4n) is 6.05. The Labute approximate surface area is 274 Å². The molecule has 238 valence electrons. The highest BCUT2D eigenvalue weighted by Gasteiger charge is 2.45. The molecule has 13 nitrogen and oxygen atoms in total. The second-order valence-electron chi connectivity index (χ2n) is 12.4. The second kappa shape index (κ2) is 11.5. The van der Waals surface area contributed by atoms with E-state index in [0.717, 1.165) is 15.7 Å². The molecule has 13 heteroatoms. The fourth-order valence-corrected chi connectivity index (χ4v) is 6.05. The van der Waals surface area contributed by atoms with E-state index in [-0.39, 0.29) is 35.8 Å². The monoisotopic (exact) mass is 640 g/mol. The zero-order valence-electron chi connectivity index (χ0n) is 26.0. The van der Waals surface area contributed by atoms with Crippen LogP contribution >= 0.6 is 0 Å². The van der Waals surface area contributed by atoms with Crippen LogP contribution in [0.3, 0.4) is 0 Å². The van der Waals surface area contributed by atoms with Gasteiger partial charge in [0.05, 0.1) is 40.4 Å².